The quantitative estimate of drug-likeness (QED) is 0.581. The van der Waals surface area contributed by atoms with Crippen LogP contribution in [0.3, 0.4) is 0 Å². The van der Waals surface area contributed by atoms with Crippen molar-refractivity contribution in [3.63, 3.8) is 0 Å². The molecule has 0 nitrogen and oxygen atoms in total. The molecular formula is C6H6F2S. The molecule has 0 saturated carbocycles. The van der Waals surface area contributed by atoms with Gasteiger partial charge in [-0.3, -0.25) is 0 Å². The smallest absolute Gasteiger partial charge is 0.0745 e. The van der Waals surface area contributed by atoms with Gasteiger partial charge in [0.2, 0.25) is 0 Å². The number of hydrogen-bond acceptors (Lipinski definition) is 0. The maximum atomic E-state index is 11.8. The van der Waals surface area contributed by atoms with Crippen LogP contribution in [0.15, 0.2) is 35.2 Å². The van der Waals surface area contributed by atoms with E-state index in [1.807, 2.05) is 0 Å². The molecule has 1 aromatic carbocycles. The molecule has 1 rings (SSSR count). The van der Waals surface area contributed by atoms with Crippen molar-refractivity contribution >= 4 is 11.7 Å². The fourth-order valence-electron chi connectivity index (χ4n) is 0.541. The minimum Gasteiger partial charge on any atom is -0.156 e. The fourth-order valence-corrected chi connectivity index (χ4v) is 0.938. The minimum atomic E-state index is -2.90. The Morgan fingerprint density at radius 2 is 1.56 bits per heavy atom. The summed E-state index contributed by atoms with van der Waals surface area (Å²) in [6.45, 7) is 0. The first-order chi connectivity index (χ1) is 4.30. The lowest BCUT2D eigenvalue weighted by molar-refractivity contribution is 0.778. The predicted molar refractivity (Wildman–Crippen MR) is 35.9 cm³/mol. The van der Waals surface area contributed by atoms with Crippen molar-refractivity contribution in [2.45, 2.75) is 4.90 Å². The van der Waals surface area contributed by atoms with Gasteiger partial charge < -0.3 is 0 Å². The Bertz CT molecular complexity index is 174. The molecule has 0 bridgehead atoms. The van der Waals surface area contributed by atoms with Gasteiger partial charge in [-0.15, -0.1) is 0 Å². The molecule has 50 valence electrons. The molecule has 0 radical (unpaired) electrons. The Hall–Kier alpha value is -0.570. The zero-order valence-electron chi connectivity index (χ0n) is 4.59. The first-order valence-corrected chi connectivity index (χ1v) is 3.60. The lowest BCUT2D eigenvalue weighted by atomic mass is 10.4. The highest BCUT2D eigenvalue weighted by Crippen LogP contribution is 2.37. The van der Waals surface area contributed by atoms with Gasteiger partial charge in [0.15, 0.2) is 0 Å². The second kappa shape index (κ2) is 2.82. The summed E-state index contributed by atoms with van der Waals surface area (Å²) >= 11 is -2.90. The third-order valence-electron chi connectivity index (χ3n) is 0.951. The van der Waals surface area contributed by atoms with Crippen molar-refractivity contribution in [1.82, 2.24) is 0 Å². The Balaban J connectivity index is 2.85. The summed E-state index contributed by atoms with van der Waals surface area (Å²) in [5.41, 5.74) is 0. The molecule has 0 aromatic heterocycles. The molecule has 0 unspecified atom stereocenters. The number of benzene rings is 1. The molecule has 0 amide bonds. The summed E-state index contributed by atoms with van der Waals surface area (Å²) in [5, 5.41) is 0. The van der Waals surface area contributed by atoms with E-state index in [0.717, 1.165) is 0 Å². The number of thiol groups is 1. The van der Waals surface area contributed by atoms with E-state index < -0.39 is 11.7 Å². The van der Waals surface area contributed by atoms with Crippen LogP contribution in [0, 0.1) is 0 Å². The van der Waals surface area contributed by atoms with Gasteiger partial charge in [-0.1, -0.05) is 18.2 Å². The van der Waals surface area contributed by atoms with Crippen LogP contribution in [0.5, 0.6) is 0 Å². The molecule has 0 saturated heterocycles. The van der Waals surface area contributed by atoms with Gasteiger partial charge in [0, 0.05) is 4.90 Å². The van der Waals surface area contributed by atoms with Crippen LogP contribution in [0.2, 0.25) is 0 Å². The standard InChI is InChI=1S/C6H6F2S/c7-9(8)6-4-2-1-3-5-6/h1-5,9H. The van der Waals surface area contributed by atoms with Gasteiger partial charge in [0.25, 0.3) is 0 Å². The van der Waals surface area contributed by atoms with Crippen LogP contribution in [-0.4, -0.2) is 0 Å². The summed E-state index contributed by atoms with van der Waals surface area (Å²) in [6, 6.07) is 7.83. The highest BCUT2D eigenvalue weighted by atomic mass is 32.3. The Kier molecular flexibility index (Phi) is 2.05. The number of rotatable bonds is 1. The van der Waals surface area contributed by atoms with Crippen LogP contribution in [0.1, 0.15) is 0 Å². The molecule has 0 heterocycles. The van der Waals surface area contributed by atoms with Crippen LogP contribution in [0.4, 0.5) is 7.77 Å². The van der Waals surface area contributed by atoms with Gasteiger partial charge in [-0.05, 0) is 12.1 Å². The molecule has 1 aromatic rings. The Labute approximate surface area is 55.4 Å². The van der Waals surface area contributed by atoms with E-state index in [2.05, 4.69) is 0 Å². The van der Waals surface area contributed by atoms with Crippen molar-refractivity contribution in [2.75, 3.05) is 0 Å². The second-order valence-electron chi connectivity index (χ2n) is 1.57. The zero-order valence-corrected chi connectivity index (χ0v) is 5.48. The van der Waals surface area contributed by atoms with E-state index in [0.29, 0.717) is 0 Å². The molecule has 0 aliphatic heterocycles. The highest BCUT2D eigenvalue weighted by molar-refractivity contribution is 8.07. The fraction of sp³-hybridized carbons (Fsp3) is 0. The lowest BCUT2D eigenvalue weighted by Crippen LogP contribution is -1.66. The summed E-state index contributed by atoms with van der Waals surface area (Å²) in [4.78, 5) is 0.146. The van der Waals surface area contributed by atoms with Crippen LogP contribution in [-0.2, 0) is 0 Å². The van der Waals surface area contributed by atoms with E-state index in [9.17, 15) is 7.77 Å². The lowest BCUT2D eigenvalue weighted by Gasteiger charge is -1.97. The summed E-state index contributed by atoms with van der Waals surface area (Å²) < 4.78 is 23.7. The van der Waals surface area contributed by atoms with E-state index in [-0.39, 0.29) is 4.90 Å². The van der Waals surface area contributed by atoms with Crippen molar-refractivity contribution in [3.05, 3.63) is 30.3 Å². The summed E-state index contributed by atoms with van der Waals surface area (Å²) in [7, 11) is 0. The summed E-state index contributed by atoms with van der Waals surface area (Å²) in [6.07, 6.45) is 0. The third kappa shape index (κ3) is 1.68. The average Bonchev–Trinajstić information content (AvgIpc) is 1.90. The van der Waals surface area contributed by atoms with Gasteiger partial charge in [-0.2, -0.15) is 7.77 Å². The van der Waals surface area contributed by atoms with E-state index in [1.54, 1.807) is 18.2 Å². The number of hydrogen-bond donors (Lipinski definition) is 1. The largest absolute Gasteiger partial charge is 0.156 e. The monoisotopic (exact) mass is 148 g/mol. The highest BCUT2D eigenvalue weighted by Gasteiger charge is 1.97. The molecule has 0 fully saturated rings. The van der Waals surface area contributed by atoms with Crippen LogP contribution < -0.4 is 0 Å². The Morgan fingerprint density at radius 1 is 1.00 bits per heavy atom. The predicted octanol–water partition coefficient (Wildman–Crippen LogP) is 2.82. The van der Waals surface area contributed by atoms with E-state index in [1.165, 1.54) is 12.1 Å². The third-order valence-corrected chi connectivity index (χ3v) is 1.64. The van der Waals surface area contributed by atoms with Gasteiger partial charge in [0.1, 0.15) is 0 Å². The maximum absolute atomic E-state index is 11.8. The van der Waals surface area contributed by atoms with Crippen LogP contribution >= 0.6 is 11.7 Å². The normalized spacial score (nSPS) is 11.1. The first-order valence-electron chi connectivity index (χ1n) is 2.47. The van der Waals surface area contributed by atoms with Crippen molar-refractivity contribution < 1.29 is 7.77 Å². The van der Waals surface area contributed by atoms with Gasteiger partial charge in [-0.25, -0.2) is 0 Å². The van der Waals surface area contributed by atoms with Crippen LogP contribution in [0.25, 0.3) is 0 Å². The molecule has 0 N–H and O–H groups in total. The van der Waals surface area contributed by atoms with Crippen molar-refractivity contribution in [1.29, 1.82) is 0 Å². The maximum Gasteiger partial charge on any atom is 0.0745 e. The van der Waals surface area contributed by atoms with Crippen molar-refractivity contribution in [3.8, 4) is 0 Å². The van der Waals surface area contributed by atoms with Gasteiger partial charge in [0.05, 0.1) is 11.7 Å². The Morgan fingerprint density at radius 3 is 1.89 bits per heavy atom. The van der Waals surface area contributed by atoms with Gasteiger partial charge >= 0.3 is 0 Å². The SMILES string of the molecule is F[SH](F)c1ccccc1. The van der Waals surface area contributed by atoms with Crippen molar-refractivity contribution in [2.24, 2.45) is 0 Å². The molecule has 3 heteroatoms. The number of halogens is 2. The van der Waals surface area contributed by atoms with E-state index in [4.69, 9.17) is 0 Å². The molecule has 0 aliphatic carbocycles. The second-order valence-corrected chi connectivity index (χ2v) is 2.55. The molecule has 9 heavy (non-hydrogen) atoms. The molecule has 0 spiro atoms. The summed E-state index contributed by atoms with van der Waals surface area (Å²) in [5.74, 6) is 0. The molecule has 0 atom stereocenters. The zero-order chi connectivity index (χ0) is 6.69. The molecule has 0 aliphatic rings. The van der Waals surface area contributed by atoms with E-state index >= 15 is 0 Å². The minimum absolute atomic E-state index is 0.146. The molecular weight excluding hydrogens is 142 g/mol. The topological polar surface area (TPSA) is 0 Å². The average molecular weight is 148 g/mol. The first kappa shape index (κ1) is 6.55.